The maximum absolute atomic E-state index is 13.7. The molecule has 1 atom stereocenters. The molecule has 20 heavy (non-hydrogen) atoms. The number of benzene rings is 2. The lowest BCUT2D eigenvalue weighted by Crippen LogP contribution is -2.08. The van der Waals surface area contributed by atoms with E-state index in [1.54, 1.807) is 0 Å². The molecule has 1 nitrogen and oxygen atoms in total. The van der Waals surface area contributed by atoms with Crippen LogP contribution in [-0.2, 0) is 6.42 Å². The Morgan fingerprint density at radius 1 is 0.950 bits per heavy atom. The van der Waals surface area contributed by atoms with Crippen molar-refractivity contribution in [2.75, 3.05) is 0 Å². The normalized spacial score (nSPS) is 12.5. The number of halogens is 4. The van der Waals surface area contributed by atoms with Crippen molar-refractivity contribution in [3.8, 4) is 0 Å². The quantitative estimate of drug-likeness (QED) is 0.849. The van der Waals surface area contributed by atoms with Gasteiger partial charge in [-0.05, 0) is 36.8 Å². The molecule has 0 saturated heterocycles. The van der Waals surface area contributed by atoms with E-state index in [0.717, 1.165) is 24.3 Å². The van der Waals surface area contributed by atoms with Crippen LogP contribution in [0.25, 0.3) is 0 Å². The molecule has 0 bridgehead atoms. The van der Waals surface area contributed by atoms with Gasteiger partial charge in [-0.1, -0.05) is 6.07 Å². The highest BCUT2D eigenvalue weighted by Crippen LogP contribution is 2.25. The van der Waals surface area contributed by atoms with E-state index in [1.165, 1.54) is 13.0 Å². The van der Waals surface area contributed by atoms with E-state index in [4.69, 9.17) is 0 Å². The molecule has 2 aromatic rings. The number of aryl methyl sites for hydroxylation is 1. The molecule has 0 spiro atoms. The highest BCUT2D eigenvalue weighted by atomic mass is 19.1. The molecule has 5 heteroatoms. The molecule has 1 unspecified atom stereocenters. The van der Waals surface area contributed by atoms with Gasteiger partial charge in [-0.3, -0.25) is 0 Å². The molecule has 106 valence electrons. The molecule has 2 rings (SSSR count). The van der Waals surface area contributed by atoms with E-state index >= 15 is 0 Å². The third kappa shape index (κ3) is 2.82. The lowest BCUT2D eigenvalue weighted by atomic mass is 9.99. The van der Waals surface area contributed by atoms with Gasteiger partial charge in [0.15, 0.2) is 0 Å². The van der Waals surface area contributed by atoms with Gasteiger partial charge in [-0.15, -0.1) is 0 Å². The predicted octanol–water partition coefficient (Wildman–Crippen LogP) is 3.83. The van der Waals surface area contributed by atoms with Crippen molar-refractivity contribution >= 4 is 0 Å². The zero-order chi connectivity index (χ0) is 14.9. The molecule has 0 heterocycles. The molecule has 0 aliphatic heterocycles. The molecule has 0 radical (unpaired) electrons. The fourth-order valence-electron chi connectivity index (χ4n) is 1.95. The predicted molar refractivity (Wildman–Crippen MR) is 66.1 cm³/mol. The molecule has 0 aliphatic rings. The van der Waals surface area contributed by atoms with Crippen LogP contribution < -0.4 is 0 Å². The van der Waals surface area contributed by atoms with Crippen LogP contribution in [0, 0.1) is 30.2 Å². The standard InChI is InChI=1S/C15H12F4O/c1-8-5-14(19)10(6-13(8)18)15(20)7-9-11(16)3-2-4-12(9)17/h2-6,15,20H,7H2,1H3. The average Bonchev–Trinajstić information content (AvgIpc) is 2.38. The van der Waals surface area contributed by atoms with Gasteiger partial charge in [0, 0.05) is 17.5 Å². The first-order chi connectivity index (χ1) is 9.40. The van der Waals surface area contributed by atoms with Gasteiger partial charge >= 0.3 is 0 Å². The van der Waals surface area contributed by atoms with Crippen LogP contribution in [0.2, 0.25) is 0 Å². The van der Waals surface area contributed by atoms with Crippen molar-refractivity contribution in [1.82, 2.24) is 0 Å². The summed E-state index contributed by atoms with van der Waals surface area (Å²) in [5.74, 6) is -3.17. The third-order valence-electron chi connectivity index (χ3n) is 3.10. The highest BCUT2D eigenvalue weighted by Gasteiger charge is 2.19. The van der Waals surface area contributed by atoms with Crippen molar-refractivity contribution in [2.24, 2.45) is 0 Å². The first-order valence-electron chi connectivity index (χ1n) is 5.96. The molecule has 0 aromatic heterocycles. The molecular weight excluding hydrogens is 272 g/mol. The van der Waals surface area contributed by atoms with Gasteiger partial charge in [0.05, 0.1) is 6.10 Å². The zero-order valence-electron chi connectivity index (χ0n) is 10.6. The number of hydrogen-bond donors (Lipinski definition) is 1. The monoisotopic (exact) mass is 284 g/mol. The maximum Gasteiger partial charge on any atom is 0.129 e. The fourth-order valence-corrected chi connectivity index (χ4v) is 1.95. The van der Waals surface area contributed by atoms with Crippen LogP contribution in [0.3, 0.4) is 0 Å². The van der Waals surface area contributed by atoms with Crippen molar-refractivity contribution in [3.05, 3.63) is 70.3 Å². The van der Waals surface area contributed by atoms with E-state index in [1.807, 2.05) is 0 Å². The van der Waals surface area contributed by atoms with E-state index in [-0.39, 0.29) is 16.7 Å². The fraction of sp³-hybridized carbons (Fsp3) is 0.200. The summed E-state index contributed by atoms with van der Waals surface area (Å²) in [6.07, 6.45) is -2.01. The summed E-state index contributed by atoms with van der Waals surface area (Å²) in [6, 6.07) is 5.04. The lowest BCUT2D eigenvalue weighted by molar-refractivity contribution is 0.170. The minimum atomic E-state index is -1.53. The van der Waals surface area contributed by atoms with Gasteiger partial charge in [0.25, 0.3) is 0 Å². The molecule has 0 aliphatic carbocycles. The molecule has 2 aromatic carbocycles. The molecule has 0 fully saturated rings. The van der Waals surface area contributed by atoms with Crippen molar-refractivity contribution in [2.45, 2.75) is 19.4 Å². The summed E-state index contributed by atoms with van der Waals surface area (Å²) in [6.45, 7) is 1.38. The Balaban J connectivity index is 2.33. The smallest absolute Gasteiger partial charge is 0.129 e. The van der Waals surface area contributed by atoms with E-state index in [0.29, 0.717) is 0 Å². The average molecular weight is 284 g/mol. The third-order valence-corrected chi connectivity index (χ3v) is 3.10. The molecule has 1 N–H and O–H groups in total. The Kier molecular flexibility index (Phi) is 4.09. The van der Waals surface area contributed by atoms with E-state index < -0.39 is 35.8 Å². The largest absolute Gasteiger partial charge is 0.388 e. The number of rotatable bonds is 3. The van der Waals surface area contributed by atoms with Crippen LogP contribution in [0.4, 0.5) is 17.6 Å². The number of aliphatic hydroxyl groups is 1. The SMILES string of the molecule is Cc1cc(F)c(C(O)Cc2c(F)cccc2F)cc1F. The van der Waals surface area contributed by atoms with Crippen LogP contribution in [0.5, 0.6) is 0 Å². The Morgan fingerprint density at radius 2 is 1.55 bits per heavy atom. The maximum atomic E-state index is 13.7. The second kappa shape index (κ2) is 5.63. The first-order valence-corrected chi connectivity index (χ1v) is 5.96. The molecule has 0 saturated carbocycles. The summed E-state index contributed by atoms with van der Waals surface area (Å²) in [7, 11) is 0. The van der Waals surface area contributed by atoms with Crippen molar-refractivity contribution < 1.29 is 22.7 Å². The van der Waals surface area contributed by atoms with Crippen molar-refractivity contribution in [3.63, 3.8) is 0 Å². The number of aliphatic hydroxyl groups excluding tert-OH is 1. The second-order valence-corrected chi connectivity index (χ2v) is 4.54. The Hall–Kier alpha value is -1.88. The summed E-state index contributed by atoms with van der Waals surface area (Å²) in [5, 5.41) is 9.88. The highest BCUT2D eigenvalue weighted by molar-refractivity contribution is 5.29. The van der Waals surface area contributed by atoms with Gasteiger partial charge < -0.3 is 5.11 Å². The minimum absolute atomic E-state index is 0.0931. The summed E-state index contributed by atoms with van der Waals surface area (Å²) in [5.41, 5.74) is -0.591. The Bertz CT molecular complexity index is 620. The first kappa shape index (κ1) is 14.5. The van der Waals surface area contributed by atoms with Gasteiger partial charge in [0.1, 0.15) is 23.3 Å². The second-order valence-electron chi connectivity index (χ2n) is 4.54. The minimum Gasteiger partial charge on any atom is -0.388 e. The van der Waals surface area contributed by atoms with Gasteiger partial charge in [-0.2, -0.15) is 0 Å². The van der Waals surface area contributed by atoms with E-state index in [9.17, 15) is 22.7 Å². The van der Waals surface area contributed by atoms with Gasteiger partial charge in [-0.25, -0.2) is 17.6 Å². The summed E-state index contributed by atoms with van der Waals surface area (Å²) >= 11 is 0. The topological polar surface area (TPSA) is 20.2 Å². The van der Waals surface area contributed by atoms with Crippen LogP contribution in [-0.4, -0.2) is 5.11 Å². The lowest BCUT2D eigenvalue weighted by Gasteiger charge is -2.14. The summed E-state index contributed by atoms with van der Waals surface area (Å²) < 4.78 is 54.0. The summed E-state index contributed by atoms with van der Waals surface area (Å²) in [4.78, 5) is 0. The van der Waals surface area contributed by atoms with Gasteiger partial charge in [0.2, 0.25) is 0 Å². The van der Waals surface area contributed by atoms with Crippen LogP contribution in [0.1, 0.15) is 22.8 Å². The Morgan fingerprint density at radius 3 is 2.15 bits per heavy atom. The molecule has 0 amide bonds. The van der Waals surface area contributed by atoms with Crippen molar-refractivity contribution in [1.29, 1.82) is 0 Å². The van der Waals surface area contributed by atoms with Crippen LogP contribution >= 0.6 is 0 Å². The number of hydrogen-bond acceptors (Lipinski definition) is 1. The zero-order valence-corrected chi connectivity index (χ0v) is 10.6. The van der Waals surface area contributed by atoms with Crippen LogP contribution in [0.15, 0.2) is 30.3 Å². The molecular formula is C15H12F4O. The Labute approximate surface area is 113 Å². The van der Waals surface area contributed by atoms with E-state index in [2.05, 4.69) is 0 Å².